The molecule has 188 valence electrons. The first-order valence-corrected chi connectivity index (χ1v) is 13.2. The van der Waals surface area contributed by atoms with Gasteiger partial charge in [-0.1, -0.05) is 23.9 Å². The SMILES string of the molecule is CN1CCN(c2ncc(Sc3ccc(C(N)=O)cc3)c(OCc3cccc(N4CCCC4)c3)n2)CC1. The Morgan fingerprint density at radius 1 is 1.00 bits per heavy atom. The monoisotopic (exact) mass is 504 g/mol. The van der Waals surface area contributed by atoms with Crippen molar-refractivity contribution in [2.75, 3.05) is 56.1 Å². The van der Waals surface area contributed by atoms with Crippen LogP contribution < -0.4 is 20.3 Å². The van der Waals surface area contributed by atoms with Crippen LogP contribution in [0.15, 0.2) is 64.5 Å². The summed E-state index contributed by atoms with van der Waals surface area (Å²) in [5, 5.41) is 0. The molecule has 8 nitrogen and oxygen atoms in total. The number of nitrogens with zero attached hydrogens (tertiary/aromatic N) is 5. The van der Waals surface area contributed by atoms with E-state index >= 15 is 0 Å². The summed E-state index contributed by atoms with van der Waals surface area (Å²) in [5.74, 6) is 0.818. The number of likely N-dealkylation sites (N-methyl/N-ethyl adjacent to an activating group) is 1. The highest BCUT2D eigenvalue weighted by molar-refractivity contribution is 7.99. The van der Waals surface area contributed by atoms with E-state index in [0.717, 1.165) is 54.6 Å². The van der Waals surface area contributed by atoms with Crippen molar-refractivity contribution in [2.24, 2.45) is 5.73 Å². The zero-order valence-electron chi connectivity index (χ0n) is 20.6. The lowest BCUT2D eigenvalue weighted by Crippen LogP contribution is -2.45. The van der Waals surface area contributed by atoms with Gasteiger partial charge in [-0.3, -0.25) is 4.79 Å². The topological polar surface area (TPSA) is 87.8 Å². The van der Waals surface area contributed by atoms with Gasteiger partial charge in [0.05, 0.1) is 11.1 Å². The minimum atomic E-state index is -0.438. The van der Waals surface area contributed by atoms with E-state index in [1.54, 1.807) is 12.1 Å². The third kappa shape index (κ3) is 5.91. The van der Waals surface area contributed by atoms with Gasteiger partial charge >= 0.3 is 0 Å². The fourth-order valence-corrected chi connectivity index (χ4v) is 5.29. The van der Waals surface area contributed by atoms with Gasteiger partial charge in [-0.2, -0.15) is 4.98 Å². The maximum atomic E-state index is 11.4. The Kier molecular flexibility index (Phi) is 7.58. The van der Waals surface area contributed by atoms with E-state index in [2.05, 4.69) is 51.0 Å². The van der Waals surface area contributed by atoms with Crippen molar-refractivity contribution in [3.63, 3.8) is 0 Å². The number of aromatic nitrogens is 2. The minimum absolute atomic E-state index is 0.426. The molecule has 5 rings (SSSR count). The van der Waals surface area contributed by atoms with Crippen LogP contribution in [0, 0.1) is 0 Å². The highest BCUT2D eigenvalue weighted by atomic mass is 32.2. The van der Waals surface area contributed by atoms with E-state index in [1.807, 2.05) is 18.3 Å². The molecule has 0 aliphatic carbocycles. The Hall–Kier alpha value is -3.30. The molecule has 0 bridgehead atoms. The smallest absolute Gasteiger partial charge is 0.248 e. The lowest BCUT2D eigenvalue weighted by atomic mass is 10.2. The van der Waals surface area contributed by atoms with Crippen molar-refractivity contribution in [1.82, 2.24) is 14.9 Å². The molecule has 1 amide bonds. The predicted octanol–water partition coefficient (Wildman–Crippen LogP) is 3.66. The lowest BCUT2D eigenvalue weighted by Gasteiger charge is -2.32. The number of anilines is 2. The molecule has 0 unspecified atom stereocenters. The van der Waals surface area contributed by atoms with Crippen LogP contribution in [0.1, 0.15) is 28.8 Å². The Morgan fingerprint density at radius 3 is 2.47 bits per heavy atom. The van der Waals surface area contributed by atoms with Gasteiger partial charge in [0.25, 0.3) is 0 Å². The molecule has 1 aromatic heterocycles. The molecular weight excluding hydrogens is 472 g/mol. The van der Waals surface area contributed by atoms with Gasteiger partial charge in [-0.25, -0.2) is 4.98 Å². The van der Waals surface area contributed by atoms with Crippen LogP contribution in [0.3, 0.4) is 0 Å². The van der Waals surface area contributed by atoms with Gasteiger partial charge < -0.3 is 25.2 Å². The maximum absolute atomic E-state index is 11.4. The number of nitrogens with two attached hydrogens (primary N) is 1. The summed E-state index contributed by atoms with van der Waals surface area (Å²) in [5.41, 5.74) is 8.23. The summed E-state index contributed by atoms with van der Waals surface area (Å²) in [6, 6.07) is 15.8. The molecule has 3 aromatic rings. The Bertz CT molecular complexity index is 1190. The van der Waals surface area contributed by atoms with Crippen molar-refractivity contribution >= 4 is 29.3 Å². The Labute approximate surface area is 216 Å². The number of hydrogen-bond donors (Lipinski definition) is 1. The zero-order valence-corrected chi connectivity index (χ0v) is 21.4. The van der Waals surface area contributed by atoms with E-state index < -0.39 is 5.91 Å². The summed E-state index contributed by atoms with van der Waals surface area (Å²) < 4.78 is 6.33. The fraction of sp³-hybridized carbons (Fsp3) is 0.370. The fourth-order valence-electron chi connectivity index (χ4n) is 4.46. The molecule has 2 fully saturated rings. The quantitative estimate of drug-likeness (QED) is 0.497. The number of benzene rings is 2. The van der Waals surface area contributed by atoms with Crippen LogP contribution in [0.4, 0.5) is 11.6 Å². The molecule has 0 saturated carbocycles. The van der Waals surface area contributed by atoms with Crippen LogP contribution in [0.5, 0.6) is 5.88 Å². The van der Waals surface area contributed by atoms with Crippen LogP contribution in [0.2, 0.25) is 0 Å². The second-order valence-electron chi connectivity index (χ2n) is 9.27. The standard InChI is InChI=1S/C27H32N6O2S/c1-31-13-15-33(16-14-31)27-29-18-24(36-23-9-7-21(8-10-23)25(28)34)26(30-27)35-19-20-5-4-6-22(17-20)32-11-2-3-12-32/h4-10,17-18H,2-3,11-16,19H2,1H3,(H2,28,34). The normalized spacial score (nSPS) is 16.4. The summed E-state index contributed by atoms with van der Waals surface area (Å²) in [6.45, 7) is 6.37. The largest absolute Gasteiger partial charge is 0.472 e. The molecule has 9 heteroatoms. The predicted molar refractivity (Wildman–Crippen MR) is 143 cm³/mol. The Morgan fingerprint density at radius 2 is 1.75 bits per heavy atom. The van der Waals surface area contributed by atoms with Crippen LogP contribution in [0.25, 0.3) is 0 Å². The van der Waals surface area contributed by atoms with E-state index in [4.69, 9.17) is 15.5 Å². The molecule has 0 radical (unpaired) electrons. The number of hydrogen-bond acceptors (Lipinski definition) is 8. The third-order valence-electron chi connectivity index (χ3n) is 6.62. The molecule has 0 spiro atoms. The first-order chi connectivity index (χ1) is 17.5. The van der Waals surface area contributed by atoms with Gasteiger partial charge in [-0.15, -0.1) is 0 Å². The molecule has 36 heavy (non-hydrogen) atoms. The van der Waals surface area contributed by atoms with E-state index in [-0.39, 0.29) is 0 Å². The number of ether oxygens (including phenoxy) is 1. The molecule has 2 aliphatic heterocycles. The first-order valence-electron chi connectivity index (χ1n) is 12.4. The Balaban J connectivity index is 1.36. The van der Waals surface area contributed by atoms with Crippen LogP contribution in [-0.4, -0.2) is 67.1 Å². The molecular formula is C27H32N6O2S. The number of rotatable bonds is 8. The second kappa shape index (κ2) is 11.2. The number of carbonyl (C=O) groups is 1. The molecule has 2 aliphatic rings. The maximum Gasteiger partial charge on any atom is 0.248 e. The zero-order chi connectivity index (χ0) is 24.9. The third-order valence-corrected chi connectivity index (χ3v) is 7.63. The van der Waals surface area contributed by atoms with Crippen molar-refractivity contribution in [2.45, 2.75) is 29.2 Å². The summed E-state index contributed by atoms with van der Waals surface area (Å²) in [4.78, 5) is 29.7. The van der Waals surface area contributed by atoms with Crippen molar-refractivity contribution in [1.29, 1.82) is 0 Å². The molecule has 0 atom stereocenters. The highest BCUT2D eigenvalue weighted by Gasteiger charge is 2.20. The first kappa shape index (κ1) is 24.4. The highest BCUT2D eigenvalue weighted by Crippen LogP contribution is 2.35. The lowest BCUT2D eigenvalue weighted by molar-refractivity contribution is 0.1000. The van der Waals surface area contributed by atoms with Gasteiger partial charge in [0, 0.05) is 55.4 Å². The average molecular weight is 505 g/mol. The average Bonchev–Trinajstić information content (AvgIpc) is 3.44. The van der Waals surface area contributed by atoms with Gasteiger partial charge in [0.15, 0.2) is 0 Å². The molecule has 2 N–H and O–H groups in total. The van der Waals surface area contributed by atoms with Crippen molar-refractivity contribution < 1.29 is 9.53 Å². The molecule has 2 aromatic carbocycles. The molecule has 3 heterocycles. The van der Waals surface area contributed by atoms with Crippen molar-refractivity contribution in [3.8, 4) is 5.88 Å². The summed E-state index contributed by atoms with van der Waals surface area (Å²) >= 11 is 1.51. The molecule has 2 saturated heterocycles. The van der Waals surface area contributed by atoms with Gasteiger partial charge in [0.1, 0.15) is 6.61 Å². The second-order valence-corrected chi connectivity index (χ2v) is 10.4. The van der Waals surface area contributed by atoms with E-state index in [1.165, 1.54) is 30.3 Å². The number of carbonyl (C=O) groups excluding carboxylic acids is 1. The number of amides is 1. The summed E-state index contributed by atoms with van der Waals surface area (Å²) in [7, 11) is 2.13. The summed E-state index contributed by atoms with van der Waals surface area (Å²) in [6.07, 6.45) is 4.33. The minimum Gasteiger partial charge on any atom is -0.472 e. The van der Waals surface area contributed by atoms with E-state index in [9.17, 15) is 4.79 Å². The van der Waals surface area contributed by atoms with E-state index in [0.29, 0.717) is 24.0 Å². The van der Waals surface area contributed by atoms with Crippen LogP contribution >= 0.6 is 11.8 Å². The van der Waals surface area contributed by atoms with Gasteiger partial charge in [0.2, 0.25) is 17.7 Å². The van der Waals surface area contributed by atoms with Gasteiger partial charge in [-0.05, 0) is 61.9 Å². The number of piperazine rings is 1. The number of primary amides is 1. The van der Waals surface area contributed by atoms with Crippen molar-refractivity contribution in [3.05, 3.63) is 65.9 Å². The van der Waals surface area contributed by atoms with Crippen LogP contribution in [-0.2, 0) is 6.61 Å².